The zero-order valence-corrected chi connectivity index (χ0v) is 49.4. The second-order valence-electron chi connectivity index (χ2n) is 21.5. The highest BCUT2D eigenvalue weighted by Crippen LogP contribution is 2.35. The van der Waals surface area contributed by atoms with Crippen molar-refractivity contribution in [2.24, 2.45) is 5.73 Å². The van der Waals surface area contributed by atoms with Crippen LogP contribution in [0.25, 0.3) is 103 Å². The van der Waals surface area contributed by atoms with Crippen molar-refractivity contribution in [3.63, 3.8) is 0 Å². The third kappa shape index (κ3) is 16.9. The quantitative estimate of drug-likeness (QED) is 0.0526. The van der Waals surface area contributed by atoms with E-state index in [0.29, 0.717) is 45.3 Å². The second kappa shape index (κ2) is 27.0. The second-order valence-corrected chi connectivity index (χ2v) is 21.5. The van der Waals surface area contributed by atoms with Crippen molar-refractivity contribution in [3.05, 3.63) is 257 Å². The summed E-state index contributed by atoms with van der Waals surface area (Å²) in [6.45, 7) is 5.05. The van der Waals surface area contributed by atoms with E-state index in [-0.39, 0.29) is 17.3 Å². The van der Waals surface area contributed by atoms with Gasteiger partial charge in [-0.1, -0.05) is 140 Å². The molecular weight excluding hydrogens is 1210 g/mol. The van der Waals surface area contributed by atoms with E-state index in [4.69, 9.17) is 5.73 Å². The smallest absolute Gasteiger partial charge is 0.406 e. The molecule has 0 saturated carbocycles. The molecule has 9 aromatic carbocycles. The van der Waals surface area contributed by atoms with Crippen LogP contribution in [-0.4, -0.2) is 59.4 Å². The number of aromatic nitrogens is 6. The number of aliphatic hydroxyl groups is 1. The Morgan fingerprint density at radius 1 is 0.441 bits per heavy atom. The SMILES string of the molecule is CC(=O)c1ccccc1-c1ccc2nc(/C=C/c3ccc(OC(F)(F)F)cc3)[nH]c2c1.CC(C)(O)c1ccccc1-c1ccc2nc(/C=C/c3ccc(C(F)(F)F)cc3)[nH]c2c1.NC(=O)c1ccccc1-c1ccc2nc(/C=C/c3ccc(OC(F)(F)F)cc3)[nH]c2c1. The minimum atomic E-state index is -4.72. The van der Waals surface area contributed by atoms with Gasteiger partial charge in [-0.3, -0.25) is 9.59 Å². The Labute approximate surface area is 525 Å². The van der Waals surface area contributed by atoms with E-state index >= 15 is 0 Å². The number of imidazole rings is 3. The van der Waals surface area contributed by atoms with Crippen molar-refractivity contribution < 1.29 is 63.7 Å². The first-order valence-corrected chi connectivity index (χ1v) is 28.4. The number of nitrogens with zero attached hydrogens (tertiary/aromatic N) is 3. The maximum absolute atomic E-state index is 12.7. The molecule has 12 aromatic rings. The number of nitrogens with one attached hydrogen (secondary N) is 3. The van der Waals surface area contributed by atoms with Gasteiger partial charge >= 0.3 is 18.9 Å². The largest absolute Gasteiger partial charge is 0.573 e. The molecule has 0 aliphatic heterocycles. The lowest BCUT2D eigenvalue weighted by Crippen LogP contribution is -2.16. The van der Waals surface area contributed by atoms with Crippen LogP contribution in [0.1, 0.15) is 86.8 Å². The minimum absolute atomic E-state index is 0.00409. The number of ketones is 1. The van der Waals surface area contributed by atoms with E-state index in [1.54, 1.807) is 68.5 Å². The summed E-state index contributed by atoms with van der Waals surface area (Å²) in [6.07, 6.45) is -3.42. The fraction of sp³-hybridized carbons (Fsp3) is 0.0972. The van der Waals surface area contributed by atoms with Crippen LogP contribution in [0.15, 0.2) is 200 Å². The number of aromatic amines is 3. The van der Waals surface area contributed by atoms with Crippen LogP contribution in [0.2, 0.25) is 0 Å². The van der Waals surface area contributed by atoms with Crippen LogP contribution < -0.4 is 15.2 Å². The van der Waals surface area contributed by atoms with Crippen LogP contribution in [0.3, 0.4) is 0 Å². The summed E-state index contributed by atoms with van der Waals surface area (Å²) in [5, 5.41) is 10.5. The first-order chi connectivity index (χ1) is 44.2. The molecule has 0 unspecified atom stereocenters. The number of H-pyrrole nitrogens is 3. The number of nitrogens with two attached hydrogens (primary N) is 1. The molecule has 0 saturated heterocycles. The molecule has 3 heterocycles. The number of Topliss-reactive ketones (excluding diaryl/α,β-unsaturated/α-hetero) is 1. The van der Waals surface area contributed by atoms with Gasteiger partial charge in [-0.15, -0.1) is 26.3 Å². The number of benzene rings is 9. The van der Waals surface area contributed by atoms with Crippen LogP contribution in [0, 0.1) is 0 Å². The average molecular weight is 1270 g/mol. The first kappa shape index (κ1) is 64.7. The molecular formula is C72H54F9N7O5. The number of hydrogen-bond donors (Lipinski definition) is 5. The van der Waals surface area contributed by atoms with Crippen LogP contribution in [-0.2, 0) is 11.8 Å². The number of halogens is 9. The number of carbonyl (C=O) groups is 2. The molecule has 0 bridgehead atoms. The number of fused-ring (bicyclic) bond motifs is 3. The molecule has 93 heavy (non-hydrogen) atoms. The molecule has 0 radical (unpaired) electrons. The van der Waals surface area contributed by atoms with Gasteiger partial charge in [-0.2, -0.15) is 13.2 Å². The van der Waals surface area contributed by atoms with Crippen molar-refractivity contribution in [1.82, 2.24) is 29.9 Å². The number of amides is 1. The number of hydrogen-bond acceptors (Lipinski definition) is 8. The van der Waals surface area contributed by atoms with E-state index < -0.39 is 36.0 Å². The van der Waals surface area contributed by atoms with E-state index in [1.165, 1.54) is 67.6 Å². The minimum Gasteiger partial charge on any atom is -0.406 e. The Balaban J connectivity index is 0.000000153. The lowest BCUT2D eigenvalue weighted by atomic mass is 9.89. The van der Waals surface area contributed by atoms with Crippen molar-refractivity contribution >= 4 is 81.2 Å². The predicted molar refractivity (Wildman–Crippen MR) is 343 cm³/mol. The zero-order chi connectivity index (χ0) is 66.2. The highest BCUT2D eigenvalue weighted by Gasteiger charge is 2.32. The maximum atomic E-state index is 12.7. The number of ether oxygens (including phenoxy) is 2. The highest BCUT2D eigenvalue weighted by molar-refractivity contribution is 6.02. The summed E-state index contributed by atoms with van der Waals surface area (Å²) < 4.78 is 119. The normalized spacial score (nSPS) is 12.1. The van der Waals surface area contributed by atoms with Gasteiger partial charge in [0.05, 0.1) is 44.3 Å². The van der Waals surface area contributed by atoms with Crippen LogP contribution >= 0.6 is 0 Å². The molecule has 1 amide bonds. The Hall–Kier alpha value is -11.3. The first-order valence-electron chi connectivity index (χ1n) is 28.4. The molecule has 12 rings (SSSR count). The lowest BCUT2D eigenvalue weighted by Gasteiger charge is -2.21. The fourth-order valence-electron chi connectivity index (χ4n) is 9.96. The Morgan fingerprint density at radius 2 is 0.785 bits per heavy atom. The lowest BCUT2D eigenvalue weighted by molar-refractivity contribution is -0.275. The molecule has 0 fully saturated rings. The van der Waals surface area contributed by atoms with Gasteiger partial charge in [0.1, 0.15) is 29.0 Å². The Bertz CT molecular complexity index is 4550. The average Bonchev–Trinajstić information content (AvgIpc) is 1.78. The fourth-order valence-corrected chi connectivity index (χ4v) is 9.96. The summed E-state index contributed by atoms with van der Waals surface area (Å²) in [5.74, 6) is 0.714. The van der Waals surface area contributed by atoms with Crippen molar-refractivity contribution in [1.29, 1.82) is 0 Å². The summed E-state index contributed by atoms with van der Waals surface area (Å²) >= 11 is 0. The molecule has 0 atom stereocenters. The molecule has 0 aliphatic rings. The molecule has 12 nitrogen and oxygen atoms in total. The molecule has 0 aliphatic carbocycles. The van der Waals surface area contributed by atoms with Gasteiger partial charge in [0.25, 0.3) is 0 Å². The molecule has 3 aromatic heterocycles. The summed E-state index contributed by atoms with van der Waals surface area (Å²) in [6, 6.07) is 55.4. The number of rotatable bonds is 14. The van der Waals surface area contributed by atoms with Crippen molar-refractivity contribution in [2.45, 2.75) is 45.3 Å². The number of primary amides is 1. The van der Waals surface area contributed by atoms with Gasteiger partial charge in [-0.25, -0.2) is 15.0 Å². The van der Waals surface area contributed by atoms with Crippen LogP contribution in [0.4, 0.5) is 39.5 Å². The van der Waals surface area contributed by atoms with E-state index in [9.17, 15) is 54.2 Å². The van der Waals surface area contributed by atoms with Crippen molar-refractivity contribution in [3.8, 4) is 44.9 Å². The summed E-state index contributed by atoms with van der Waals surface area (Å²) in [5.41, 5.74) is 17.6. The molecule has 470 valence electrons. The Morgan fingerprint density at radius 3 is 1.15 bits per heavy atom. The number of carbonyl (C=O) groups excluding carboxylic acids is 2. The highest BCUT2D eigenvalue weighted by atomic mass is 19.4. The van der Waals surface area contributed by atoms with Gasteiger partial charge in [-0.05, 0) is 173 Å². The van der Waals surface area contributed by atoms with Gasteiger partial charge in [0.15, 0.2) is 5.78 Å². The van der Waals surface area contributed by atoms with Gasteiger partial charge in [0, 0.05) is 11.1 Å². The van der Waals surface area contributed by atoms with E-state index in [0.717, 1.165) is 84.2 Å². The van der Waals surface area contributed by atoms with Gasteiger partial charge < -0.3 is 35.3 Å². The number of alkyl halides is 9. The topological polar surface area (TPSA) is 185 Å². The Kier molecular flexibility index (Phi) is 18.8. The third-order valence-corrected chi connectivity index (χ3v) is 14.3. The standard InChI is InChI=1S/C25H21F3N2O.C24H17F3N2O2.C23H16F3N3O2/c1-24(2,31)20-6-4-3-5-19(20)17-10-13-21-22(15-17)30-23(29-21)14-9-16-7-11-18(12-8-16)25(26,27)28;1-15(30)19-4-2-3-5-20(19)17-9-12-21-22(14-17)29-23(28-21)13-8-16-6-10-18(11-7-16)31-24(25,26)27;24-23(25,26)31-16-9-5-14(6-10-16)7-12-21-28-19-11-8-15(13-20(19)29-21)17-3-1-2-4-18(17)22(27)30/h3-15,31H,1-2H3,(H,29,30);2-14H,1H3,(H,28,29);1-13H,(H2,27,30)(H,28,29)/b14-9+;13-8+;12-7+. The maximum Gasteiger partial charge on any atom is 0.573 e. The van der Waals surface area contributed by atoms with Crippen LogP contribution in [0.5, 0.6) is 11.5 Å². The summed E-state index contributed by atoms with van der Waals surface area (Å²) in [7, 11) is 0. The third-order valence-electron chi connectivity index (χ3n) is 14.3. The monoisotopic (exact) mass is 1270 g/mol. The van der Waals surface area contributed by atoms with Gasteiger partial charge in [0.2, 0.25) is 5.91 Å². The summed E-state index contributed by atoms with van der Waals surface area (Å²) in [4.78, 5) is 46.7. The molecule has 6 N–H and O–H groups in total. The predicted octanol–water partition coefficient (Wildman–Crippen LogP) is 18.5. The van der Waals surface area contributed by atoms with E-state index in [2.05, 4.69) is 39.4 Å². The molecule has 0 spiro atoms. The van der Waals surface area contributed by atoms with Crippen molar-refractivity contribution in [2.75, 3.05) is 0 Å². The molecule has 21 heteroatoms. The zero-order valence-electron chi connectivity index (χ0n) is 49.4. The van der Waals surface area contributed by atoms with E-state index in [1.807, 2.05) is 109 Å².